The van der Waals surface area contributed by atoms with Gasteiger partial charge in [0.15, 0.2) is 0 Å². The van der Waals surface area contributed by atoms with E-state index in [1.54, 1.807) is 0 Å². The van der Waals surface area contributed by atoms with E-state index in [4.69, 9.17) is 11.1 Å². The Morgan fingerprint density at radius 3 is 2.68 bits per heavy atom. The summed E-state index contributed by atoms with van der Waals surface area (Å²) in [5.41, 5.74) is 8.15. The van der Waals surface area contributed by atoms with Gasteiger partial charge in [-0.2, -0.15) is 4.98 Å². The third-order valence-electron chi connectivity index (χ3n) is 4.22. The van der Waals surface area contributed by atoms with Crippen LogP contribution in [0.25, 0.3) is 0 Å². The summed E-state index contributed by atoms with van der Waals surface area (Å²) in [5.74, 6) is 1.35. The van der Waals surface area contributed by atoms with Gasteiger partial charge < -0.3 is 16.5 Å². The lowest BCUT2D eigenvalue weighted by molar-refractivity contribution is 0.510. The molecule has 0 aliphatic heterocycles. The molecule has 1 heterocycles. The number of benzene rings is 1. The van der Waals surface area contributed by atoms with Gasteiger partial charge in [0.25, 0.3) is 0 Å². The smallest absolute Gasteiger partial charge is 0.222 e. The second kappa shape index (κ2) is 9.77. The molecule has 0 unspecified atom stereocenters. The highest BCUT2D eigenvalue weighted by atomic mass is 15.1. The standard InChI is InChI=1S/C20H29N5/c1-3-4-6-9-15(2)12-17(21)18-13-19(25-20(22)24-18)23-14-16-10-7-5-8-11-16/h5,7-8,10-11,13,15,21H,3-4,6,9,12,14H2,1-2H3,(H3,22,23,24,25)/t15-/m1/s1. The maximum absolute atomic E-state index is 8.36. The van der Waals surface area contributed by atoms with E-state index in [0.29, 0.717) is 29.7 Å². The molecular weight excluding hydrogens is 310 g/mol. The van der Waals surface area contributed by atoms with Gasteiger partial charge in [0, 0.05) is 12.6 Å². The molecule has 0 bridgehead atoms. The average Bonchev–Trinajstić information content (AvgIpc) is 2.60. The molecule has 5 heteroatoms. The zero-order valence-electron chi connectivity index (χ0n) is 15.3. The number of unbranched alkanes of at least 4 members (excludes halogenated alkanes) is 2. The molecule has 1 aromatic heterocycles. The Labute approximate surface area is 150 Å². The minimum atomic E-state index is 0.205. The van der Waals surface area contributed by atoms with Crippen LogP contribution < -0.4 is 11.1 Å². The molecule has 0 amide bonds. The molecule has 0 fully saturated rings. The largest absolute Gasteiger partial charge is 0.368 e. The molecule has 25 heavy (non-hydrogen) atoms. The van der Waals surface area contributed by atoms with E-state index in [9.17, 15) is 0 Å². The lowest BCUT2D eigenvalue weighted by Crippen LogP contribution is -2.12. The summed E-state index contributed by atoms with van der Waals surface area (Å²) >= 11 is 0. The van der Waals surface area contributed by atoms with E-state index in [0.717, 1.165) is 12.8 Å². The predicted molar refractivity (Wildman–Crippen MR) is 105 cm³/mol. The first-order chi connectivity index (χ1) is 12.1. The molecule has 0 saturated carbocycles. The molecule has 0 aliphatic rings. The number of aromatic nitrogens is 2. The number of anilines is 2. The zero-order valence-corrected chi connectivity index (χ0v) is 15.3. The summed E-state index contributed by atoms with van der Waals surface area (Å²) in [4.78, 5) is 8.47. The Balaban J connectivity index is 1.96. The van der Waals surface area contributed by atoms with E-state index in [-0.39, 0.29) is 5.95 Å². The number of nitrogens with two attached hydrogens (primary N) is 1. The Bertz CT molecular complexity index is 669. The van der Waals surface area contributed by atoms with Crippen molar-refractivity contribution in [3.63, 3.8) is 0 Å². The van der Waals surface area contributed by atoms with Crippen LogP contribution in [0.1, 0.15) is 57.2 Å². The summed E-state index contributed by atoms with van der Waals surface area (Å²) in [6.07, 6.45) is 5.57. The molecule has 0 aliphatic carbocycles. The van der Waals surface area contributed by atoms with Crippen molar-refractivity contribution in [1.82, 2.24) is 9.97 Å². The Kier molecular flexibility index (Phi) is 7.38. The fraction of sp³-hybridized carbons (Fsp3) is 0.450. The van der Waals surface area contributed by atoms with Crippen molar-refractivity contribution in [1.29, 1.82) is 5.41 Å². The van der Waals surface area contributed by atoms with Gasteiger partial charge in [0.2, 0.25) is 5.95 Å². The Morgan fingerprint density at radius 1 is 1.20 bits per heavy atom. The van der Waals surface area contributed by atoms with Gasteiger partial charge in [-0.15, -0.1) is 0 Å². The number of nitrogen functional groups attached to an aromatic ring is 1. The van der Waals surface area contributed by atoms with Crippen LogP contribution in [0.5, 0.6) is 0 Å². The van der Waals surface area contributed by atoms with Crippen LogP contribution in [-0.2, 0) is 6.54 Å². The van der Waals surface area contributed by atoms with Crippen LogP contribution in [0, 0.1) is 11.3 Å². The first kappa shape index (κ1) is 18.9. The van der Waals surface area contributed by atoms with E-state index in [1.165, 1.54) is 24.8 Å². The van der Waals surface area contributed by atoms with Gasteiger partial charge in [0.05, 0.1) is 11.4 Å². The third kappa shape index (κ3) is 6.53. The van der Waals surface area contributed by atoms with Crippen LogP contribution in [0.4, 0.5) is 11.8 Å². The summed E-state index contributed by atoms with van der Waals surface area (Å²) in [6, 6.07) is 11.9. The topological polar surface area (TPSA) is 87.7 Å². The van der Waals surface area contributed by atoms with E-state index >= 15 is 0 Å². The predicted octanol–water partition coefficient (Wildman–Crippen LogP) is 4.65. The fourth-order valence-electron chi connectivity index (χ4n) is 2.80. The lowest BCUT2D eigenvalue weighted by Gasteiger charge is -2.13. The molecule has 1 aromatic carbocycles. The van der Waals surface area contributed by atoms with Crippen LogP contribution in [0.15, 0.2) is 36.4 Å². The number of rotatable bonds is 10. The minimum Gasteiger partial charge on any atom is -0.368 e. The highest BCUT2D eigenvalue weighted by Crippen LogP contribution is 2.17. The SMILES string of the molecule is CCCCC[C@@H](C)CC(=N)c1cc(NCc2ccccc2)nc(N)n1. The molecule has 0 spiro atoms. The molecule has 2 rings (SSSR count). The third-order valence-corrected chi connectivity index (χ3v) is 4.22. The van der Waals surface area contributed by atoms with Crippen molar-refractivity contribution < 1.29 is 0 Å². The number of nitrogens with zero attached hydrogens (tertiary/aromatic N) is 2. The number of hydrogen-bond acceptors (Lipinski definition) is 5. The van der Waals surface area contributed by atoms with Gasteiger partial charge >= 0.3 is 0 Å². The van der Waals surface area contributed by atoms with Crippen molar-refractivity contribution >= 4 is 17.5 Å². The zero-order chi connectivity index (χ0) is 18.1. The molecular formula is C20H29N5. The molecule has 0 radical (unpaired) electrons. The second-order valence-electron chi connectivity index (χ2n) is 6.62. The Morgan fingerprint density at radius 2 is 1.96 bits per heavy atom. The van der Waals surface area contributed by atoms with E-state index < -0.39 is 0 Å². The molecule has 1 atom stereocenters. The van der Waals surface area contributed by atoms with Gasteiger partial charge in [-0.05, 0) is 17.9 Å². The first-order valence-corrected chi connectivity index (χ1v) is 9.08. The average molecular weight is 339 g/mol. The van der Waals surface area contributed by atoms with Crippen molar-refractivity contribution in [3.05, 3.63) is 47.7 Å². The minimum absolute atomic E-state index is 0.205. The molecule has 4 N–H and O–H groups in total. The monoisotopic (exact) mass is 339 g/mol. The van der Waals surface area contributed by atoms with Crippen LogP contribution in [-0.4, -0.2) is 15.7 Å². The van der Waals surface area contributed by atoms with Crippen LogP contribution >= 0.6 is 0 Å². The molecule has 5 nitrogen and oxygen atoms in total. The summed E-state index contributed by atoms with van der Waals surface area (Å²) in [5, 5.41) is 11.6. The van der Waals surface area contributed by atoms with Crippen molar-refractivity contribution in [2.24, 2.45) is 5.92 Å². The quantitative estimate of drug-likeness (QED) is 0.434. The summed E-state index contributed by atoms with van der Waals surface area (Å²) in [7, 11) is 0. The maximum atomic E-state index is 8.36. The molecule has 2 aromatic rings. The van der Waals surface area contributed by atoms with Gasteiger partial charge in [-0.25, -0.2) is 4.98 Å². The highest BCUT2D eigenvalue weighted by molar-refractivity contribution is 5.97. The fourth-order valence-corrected chi connectivity index (χ4v) is 2.80. The van der Waals surface area contributed by atoms with Crippen LogP contribution in [0.3, 0.4) is 0 Å². The van der Waals surface area contributed by atoms with Gasteiger partial charge in [0.1, 0.15) is 5.82 Å². The van der Waals surface area contributed by atoms with Crippen LogP contribution in [0.2, 0.25) is 0 Å². The summed E-state index contributed by atoms with van der Waals surface area (Å²) < 4.78 is 0. The van der Waals surface area contributed by atoms with Crippen molar-refractivity contribution in [2.75, 3.05) is 11.1 Å². The highest BCUT2D eigenvalue weighted by Gasteiger charge is 2.11. The van der Waals surface area contributed by atoms with E-state index in [1.807, 2.05) is 24.3 Å². The van der Waals surface area contributed by atoms with Gasteiger partial charge in [-0.1, -0.05) is 69.9 Å². The van der Waals surface area contributed by atoms with E-state index in [2.05, 4.69) is 41.3 Å². The number of hydrogen-bond donors (Lipinski definition) is 3. The summed E-state index contributed by atoms with van der Waals surface area (Å²) in [6.45, 7) is 5.07. The maximum Gasteiger partial charge on any atom is 0.222 e. The lowest BCUT2D eigenvalue weighted by atomic mass is 9.96. The van der Waals surface area contributed by atoms with Gasteiger partial charge in [-0.3, -0.25) is 0 Å². The number of nitrogens with one attached hydrogen (secondary N) is 2. The molecule has 134 valence electrons. The van der Waals surface area contributed by atoms with Crippen molar-refractivity contribution in [3.8, 4) is 0 Å². The normalized spacial score (nSPS) is 11.9. The Hall–Kier alpha value is -2.43. The first-order valence-electron chi connectivity index (χ1n) is 9.08. The second-order valence-corrected chi connectivity index (χ2v) is 6.62. The molecule has 0 saturated heterocycles. The van der Waals surface area contributed by atoms with Crippen molar-refractivity contribution in [2.45, 2.75) is 52.5 Å².